The fourth-order valence-corrected chi connectivity index (χ4v) is 4.81. The van der Waals surface area contributed by atoms with Crippen molar-refractivity contribution in [3.63, 3.8) is 0 Å². The lowest BCUT2D eigenvalue weighted by Gasteiger charge is -2.18. The highest BCUT2D eigenvalue weighted by molar-refractivity contribution is 7.89. The molecular weight excluding hydrogens is 428 g/mol. The molecule has 1 aliphatic rings. The van der Waals surface area contributed by atoms with Crippen LogP contribution in [0.25, 0.3) is 0 Å². The van der Waals surface area contributed by atoms with Crippen LogP contribution in [-0.2, 0) is 16.2 Å². The van der Waals surface area contributed by atoms with Crippen molar-refractivity contribution in [2.75, 3.05) is 25.5 Å². The number of hydrogen-bond acceptors (Lipinski definition) is 4. The van der Waals surface area contributed by atoms with Gasteiger partial charge in [-0.3, -0.25) is 4.79 Å². The number of sulfonamides is 1. The molecule has 3 rings (SSSR count). The Labute approximate surface area is 170 Å². The molecule has 0 spiro atoms. The molecule has 11 heteroatoms. The summed E-state index contributed by atoms with van der Waals surface area (Å²) in [6.07, 6.45) is -3.50. The van der Waals surface area contributed by atoms with Gasteiger partial charge in [0.25, 0.3) is 5.91 Å². The van der Waals surface area contributed by atoms with Crippen LogP contribution in [0, 0.1) is 5.82 Å². The first-order valence-electron chi connectivity index (χ1n) is 8.90. The molecule has 1 heterocycles. The summed E-state index contributed by atoms with van der Waals surface area (Å²) in [6.45, 7) is 0.690. The summed E-state index contributed by atoms with van der Waals surface area (Å²) in [5.74, 6) is -2.28. The van der Waals surface area contributed by atoms with Gasteiger partial charge in [-0.1, -0.05) is 0 Å². The number of alkyl halides is 3. The summed E-state index contributed by atoms with van der Waals surface area (Å²) in [5.41, 5.74) is -1.91. The molecule has 0 saturated carbocycles. The van der Waals surface area contributed by atoms with Gasteiger partial charge < -0.3 is 10.1 Å². The van der Waals surface area contributed by atoms with Gasteiger partial charge in [-0.2, -0.15) is 17.5 Å². The molecule has 0 atom stereocenters. The molecule has 1 saturated heterocycles. The summed E-state index contributed by atoms with van der Waals surface area (Å²) in [5, 5.41) is 2.23. The molecule has 0 unspecified atom stereocenters. The van der Waals surface area contributed by atoms with Crippen LogP contribution in [0.1, 0.15) is 28.8 Å². The van der Waals surface area contributed by atoms with Gasteiger partial charge in [-0.15, -0.1) is 0 Å². The third-order valence-corrected chi connectivity index (χ3v) is 6.56. The standard InChI is InChI=1S/C19H18F4N2O4S/c1-29-16-7-4-12(10-17(16)30(27,28)25-8-2-3-9-25)18(26)24-13-5-6-15(20)14(11-13)19(21,22)23/h4-7,10-11H,2-3,8-9H2,1H3,(H,24,26). The first-order valence-corrected chi connectivity index (χ1v) is 10.3. The topological polar surface area (TPSA) is 75.7 Å². The number of anilines is 1. The van der Waals surface area contributed by atoms with Crippen molar-refractivity contribution in [1.82, 2.24) is 4.31 Å². The minimum Gasteiger partial charge on any atom is -0.495 e. The molecule has 2 aromatic carbocycles. The number of ether oxygens (including phenoxy) is 1. The zero-order chi connectivity index (χ0) is 22.1. The lowest BCUT2D eigenvalue weighted by atomic mass is 10.1. The van der Waals surface area contributed by atoms with Crippen molar-refractivity contribution in [2.24, 2.45) is 0 Å². The average Bonchev–Trinajstić information content (AvgIpc) is 3.23. The summed E-state index contributed by atoms with van der Waals surface area (Å²) in [4.78, 5) is 12.3. The number of amides is 1. The Hall–Kier alpha value is -2.66. The monoisotopic (exact) mass is 446 g/mol. The summed E-state index contributed by atoms with van der Waals surface area (Å²) < 4.78 is 84.2. The van der Waals surface area contributed by atoms with E-state index in [4.69, 9.17) is 4.74 Å². The smallest absolute Gasteiger partial charge is 0.419 e. The van der Waals surface area contributed by atoms with E-state index in [2.05, 4.69) is 5.32 Å². The van der Waals surface area contributed by atoms with E-state index in [0.717, 1.165) is 12.1 Å². The second-order valence-electron chi connectivity index (χ2n) is 6.62. The lowest BCUT2D eigenvalue weighted by Crippen LogP contribution is -2.28. The Bertz CT molecular complexity index is 1060. The van der Waals surface area contributed by atoms with E-state index in [9.17, 15) is 30.8 Å². The maximum atomic E-state index is 13.4. The predicted octanol–water partition coefficient (Wildman–Crippen LogP) is 3.89. The van der Waals surface area contributed by atoms with Gasteiger partial charge in [0.1, 0.15) is 16.5 Å². The highest BCUT2D eigenvalue weighted by Crippen LogP contribution is 2.33. The Kier molecular flexibility index (Phi) is 6.04. The highest BCUT2D eigenvalue weighted by atomic mass is 32.2. The molecule has 30 heavy (non-hydrogen) atoms. The molecule has 1 amide bonds. The quantitative estimate of drug-likeness (QED) is 0.708. The molecule has 0 bridgehead atoms. The zero-order valence-corrected chi connectivity index (χ0v) is 16.6. The number of carbonyl (C=O) groups excluding carboxylic acids is 1. The number of halogens is 4. The van der Waals surface area contributed by atoms with Gasteiger partial charge in [0.15, 0.2) is 0 Å². The molecule has 162 valence electrons. The third kappa shape index (κ3) is 4.41. The molecular formula is C19H18F4N2O4S. The maximum absolute atomic E-state index is 13.4. The number of benzene rings is 2. The van der Waals surface area contributed by atoms with Crippen LogP contribution in [-0.4, -0.2) is 38.8 Å². The largest absolute Gasteiger partial charge is 0.495 e. The van der Waals surface area contributed by atoms with Crippen LogP contribution in [0.15, 0.2) is 41.3 Å². The van der Waals surface area contributed by atoms with Crippen molar-refractivity contribution in [2.45, 2.75) is 23.9 Å². The van der Waals surface area contributed by atoms with E-state index >= 15 is 0 Å². The normalized spacial score (nSPS) is 15.2. The van der Waals surface area contributed by atoms with Crippen molar-refractivity contribution in [1.29, 1.82) is 0 Å². The summed E-state index contributed by atoms with van der Waals surface area (Å²) in [7, 11) is -2.63. The maximum Gasteiger partial charge on any atom is 0.419 e. The molecule has 6 nitrogen and oxygen atoms in total. The van der Waals surface area contributed by atoms with Gasteiger partial charge in [0.05, 0.1) is 12.7 Å². The molecule has 1 N–H and O–H groups in total. The molecule has 1 fully saturated rings. The van der Waals surface area contributed by atoms with Gasteiger partial charge in [0, 0.05) is 24.3 Å². The average molecular weight is 446 g/mol. The Morgan fingerprint density at radius 3 is 2.37 bits per heavy atom. The van der Waals surface area contributed by atoms with Gasteiger partial charge in [-0.05, 0) is 49.2 Å². The minimum atomic E-state index is -4.93. The number of carbonyl (C=O) groups is 1. The zero-order valence-electron chi connectivity index (χ0n) is 15.8. The van der Waals surface area contributed by atoms with Crippen molar-refractivity contribution in [3.8, 4) is 5.75 Å². The molecule has 0 radical (unpaired) electrons. The van der Waals surface area contributed by atoms with Gasteiger partial charge >= 0.3 is 6.18 Å². The first kappa shape index (κ1) is 22.0. The fraction of sp³-hybridized carbons (Fsp3) is 0.316. The van der Waals surface area contributed by atoms with Crippen LogP contribution < -0.4 is 10.1 Å². The minimum absolute atomic E-state index is 0.0413. The van der Waals surface area contributed by atoms with Crippen molar-refractivity contribution < 1.29 is 35.5 Å². The predicted molar refractivity (Wildman–Crippen MR) is 100 cm³/mol. The lowest BCUT2D eigenvalue weighted by molar-refractivity contribution is -0.139. The van der Waals surface area contributed by atoms with Gasteiger partial charge in [-0.25, -0.2) is 12.8 Å². The van der Waals surface area contributed by atoms with Crippen LogP contribution in [0.3, 0.4) is 0 Å². The van der Waals surface area contributed by atoms with Gasteiger partial charge in [0.2, 0.25) is 10.0 Å². The number of hydrogen-bond donors (Lipinski definition) is 1. The van der Waals surface area contributed by atoms with E-state index in [-0.39, 0.29) is 21.9 Å². The Morgan fingerprint density at radius 1 is 1.10 bits per heavy atom. The van der Waals surface area contributed by atoms with E-state index in [1.807, 2.05) is 0 Å². The van der Waals surface area contributed by atoms with Crippen LogP contribution in [0.5, 0.6) is 5.75 Å². The summed E-state index contributed by atoms with van der Waals surface area (Å²) >= 11 is 0. The Morgan fingerprint density at radius 2 is 1.77 bits per heavy atom. The van der Waals surface area contributed by atoms with Crippen molar-refractivity contribution in [3.05, 3.63) is 53.3 Å². The third-order valence-electron chi connectivity index (χ3n) is 4.64. The second kappa shape index (κ2) is 8.23. The molecule has 1 aliphatic heterocycles. The van der Waals surface area contributed by atoms with Crippen LogP contribution in [0.2, 0.25) is 0 Å². The number of rotatable bonds is 5. The van der Waals surface area contributed by atoms with Crippen molar-refractivity contribution >= 4 is 21.6 Å². The molecule has 2 aromatic rings. The highest BCUT2D eigenvalue weighted by Gasteiger charge is 2.34. The van der Waals surface area contributed by atoms with E-state index in [0.29, 0.717) is 38.1 Å². The fourth-order valence-electron chi connectivity index (χ4n) is 3.11. The van der Waals surface area contributed by atoms with E-state index < -0.39 is 33.5 Å². The SMILES string of the molecule is COc1ccc(C(=O)Nc2ccc(F)c(C(F)(F)F)c2)cc1S(=O)(=O)N1CCCC1. The molecule has 0 aromatic heterocycles. The Balaban J connectivity index is 1.92. The summed E-state index contributed by atoms with van der Waals surface area (Å²) in [6, 6.07) is 5.73. The number of nitrogens with one attached hydrogen (secondary N) is 1. The number of nitrogens with zero attached hydrogens (tertiary/aromatic N) is 1. The first-order chi connectivity index (χ1) is 14.0. The number of methoxy groups -OCH3 is 1. The van der Waals surface area contributed by atoms with E-state index in [1.165, 1.54) is 23.5 Å². The van der Waals surface area contributed by atoms with Crippen LogP contribution in [0.4, 0.5) is 23.2 Å². The van der Waals surface area contributed by atoms with E-state index in [1.54, 1.807) is 0 Å². The van der Waals surface area contributed by atoms with Crippen LogP contribution >= 0.6 is 0 Å². The second-order valence-corrected chi connectivity index (χ2v) is 8.53. The molecule has 0 aliphatic carbocycles.